The van der Waals surface area contributed by atoms with Crippen LogP contribution in [0.3, 0.4) is 0 Å². The van der Waals surface area contributed by atoms with Crippen LogP contribution in [-0.4, -0.2) is 39.8 Å². The summed E-state index contributed by atoms with van der Waals surface area (Å²) in [5.74, 6) is 1.50. The zero-order chi connectivity index (χ0) is 24.3. The van der Waals surface area contributed by atoms with Gasteiger partial charge in [0, 0.05) is 34.7 Å². The van der Waals surface area contributed by atoms with Crippen molar-refractivity contribution in [2.75, 3.05) is 6.79 Å². The molecule has 1 amide bonds. The Bertz CT molecular complexity index is 1220. The summed E-state index contributed by atoms with van der Waals surface area (Å²) in [5, 5.41) is 7.22. The molecule has 1 saturated carbocycles. The second kappa shape index (κ2) is 6.42. The summed E-state index contributed by atoms with van der Waals surface area (Å²) in [6.07, 6.45) is 3.51. The Morgan fingerprint density at radius 2 is 1.47 bits per heavy atom. The molecule has 2 N–H and O–H groups in total. The number of amides is 1. The van der Waals surface area contributed by atoms with E-state index < -0.39 is 5.41 Å². The van der Waals surface area contributed by atoms with Crippen LogP contribution in [0.25, 0.3) is 11.0 Å². The molecule has 6 rings (SSSR count). The third-order valence-electron chi connectivity index (χ3n) is 9.44. The quantitative estimate of drug-likeness (QED) is 0.696. The Kier molecular flexibility index (Phi) is 4.17. The molecule has 2 aromatic rings. The lowest BCUT2D eigenvalue weighted by Gasteiger charge is -2.48. The number of carbonyl (C=O) groups is 1. The molecule has 4 aliphatic rings. The molecule has 2 unspecified atom stereocenters. The molecule has 3 heterocycles. The lowest BCUT2D eigenvalue weighted by molar-refractivity contribution is -0.131. The first-order valence-corrected chi connectivity index (χ1v) is 12.5. The molecule has 34 heavy (non-hydrogen) atoms. The summed E-state index contributed by atoms with van der Waals surface area (Å²) >= 11 is 0. The number of piperidine rings is 1. The molecule has 1 aromatic heterocycles. The number of nitrogens with one attached hydrogen (secondary N) is 2. The van der Waals surface area contributed by atoms with Gasteiger partial charge >= 0.3 is 0 Å². The van der Waals surface area contributed by atoms with Gasteiger partial charge in [-0.1, -0.05) is 20.8 Å². The third-order valence-corrected chi connectivity index (χ3v) is 9.44. The Morgan fingerprint density at radius 3 is 2.06 bits per heavy atom. The average Bonchev–Trinajstić information content (AvgIpc) is 3.27. The first kappa shape index (κ1) is 22.1. The normalized spacial score (nSPS) is 32.1. The Morgan fingerprint density at radius 1 is 0.912 bits per heavy atom. The van der Waals surface area contributed by atoms with Gasteiger partial charge < -0.3 is 20.1 Å². The van der Waals surface area contributed by atoms with Gasteiger partial charge in [-0.2, -0.15) is 0 Å². The lowest BCUT2D eigenvalue weighted by atomic mass is 9.63. The number of benzene rings is 1. The summed E-state index contributed by atoms with van der Waals surface area (Å²) in [6, 6.07) is 3.93. The Hall–Kier alpha value is -2.41. The number of carbonyl (C=O) groups excluding carboxylic acids is 1. The number of aromatic nitrogens is 2. The van der Waals surface area contributed by atoms with Gasteiger partial charge in [0.2, 0.25) is 12.7 Å². The fraction of sp³-hybridized carbons (Fsp3) is 0.667. The molecule has 1 aromatic carbocycles. The van der Waals surface area contributed by atoms with Crippen molar-refractivity contribution < 1.29 is 14.3 Å². The van der Waals surface area contributed by atoms with Crippen molar-refractivity contribution in [3.8, 4) is 11.5 Å². The van der Waals surface area contributed by atoms with Gasteiger partial charge in [-0.3, -0.25) is 4.79 Å². The van der Waals surface area contributed by atoms with Crippen LogP contribution in [0, 0.1) is 5.41 Å². The van der Waals surface area contributed by atoms with E-state index in [0.29, 0.717) is 11.5 Å². The van der Waals surface area contributed by atoms with Crippen LogP contribution >= 0.6 is 0 Å². The zero-order valence-electron chi connectivity index (χ0n) is 21.4. The second-order valence-electron chi connectivity index (χ2n) is 12.9. The molecular weight excluding hydrogens is 428 g/mol. The van der Waals surface area contributed by atoms with Crippen molar-refractivity contribution >= 4 is 16.9 Å². The van der Waals surface area contributed by atoms with Gasteiger partial charge in [0.15, 0.2) is 11.5 Å². The van der Waals surface area contributed by atoms with Crippen LogP contribution in [0.5, 0.6) is 11.5 Å². The number of rotatable bonds is 2. The van der Waals surface area contributed by atoms with Crippen LogP contribution < -0.4 is 20.1 Å². The van der Waals surface area contributed by atoms with Crippen LogP contribution in [0.1, 0.15) is 85.5 Å². The van der Waals surface area contributed by atoms with Crippen molar-refractivity contribution in [3.05, 3.63) is 23.5 Å². The van der Waals surface area contributed by atoms with Gasteiger partial charge in [0.1, 0.15) is 0 Å². The average molecular weight is 465 g/mol. The minimum absolute atomic E-state index is 0.0386. The predicted molar refractivity (Wildman–Crippen MR) is 130 cm³/mol. The maximum atomic E-state index is 14.3. The van der Waals surface area contributed by atoms with Crippen molar-refractivity contribution in [1.82, 2.24) is 20.6 Å². The van der Waals surface area contributed by atoms with E-state index in [2.05, 4.69) is 59.1 Å². The summed E-state index contributed by atoms with van der Waals surface area (Å²) in [4.78, 5) is 24.6. The van der Waals surface area contributed by atoms with E-state index in [1.54, 1.807) is 0 Å². The number of hydrogen-bond acceptors (Lipinski definition) is 6. The van der Waals surface area contributed by atoms with E-state index in [-0.39, 0.29) is 40.6 Å². The number of nitrogens with zero attached hydrogens (tertiary/aromatic N) is 2. The van der Waals surface area contributed by atoms with Crippen molar-refractivity contribution in [1.29, 1.82) is 0 Å². The highest BCUT2D eigenvalue weighted by molar-refractivity contribution is 5.93. The van der Waals surface area contributed by atoms with Gasteiger partial charge in [0.05, 0.1) is 27.8 Å². The van der Waals surface area contributed by atoms with Crippen LogP contribution in [-0.2, 0) is 15.6 Å². The first-order chi connectivity index (χ1) is 15.8. The zero-order valence-corrected chi connectivity index (χ0v) is 21.4. The molecule has 0 spiro atoms. The van der Waals surface area contributed by atoms with Crippen molar-refractivity contribution in [3.63, 3.8) is 0 Å². The number of hydrogen-bond donors (Lipinski definition) is 2. The largest absolute Gasteiger partial charge is 0.454 e. The van der Waals surface area contributed by atoms with E-state index >= 15 is 0 Å². The highest BCUT2D eigenvalue weighted by atomic mass is 16.7. The fourth-order valence-electron chi connectivity index (χ4n) is 7.73. The smallest absolute Gasteiger partial charge is 0.233 e. The molecule has 2 atom stereocenters. The van der Waals surface area contributed by atoms with E-state index in [1.165, 1.54) is 0 Å². The minimum Gasteiger partial charge on any atom is -0.454 e. The first-order valence-electron chi connectivity index (χ1n) is 12.5. The summed E-state index contributed by atoms with van der Waals surface area (Å²) < 4.78 is 11.2. The minimum atomic E-state index is -0.701. The number of ether oxygens (including phenoxy) is 2. The standard InChI is InChI=1S/C27H36N4O3/c1-23(2)12-15(13-24(3,4)31-23)28-22(32)27-9-8-26(7,25(27,5)6)20-21(27)30-17-11-19-18(33-14-34-19)10-16(17)29-20/h10-11,15,31H,8-9,12-14H2,1-7H3,(H,28,32). The van der Waals surface area contributed by atoms with Gasteiger partial charge in [-0.25, -0.2) is 9.97 Å². The lowest BCUT2D eigenvalue weighted by Crippen LogP contribution is -2.64. The summed E-state index contributed by atoms with van der Waals surface area (Å²) in [7, 11) is 0. The summed E-state index contributed by atoms with van der Waals surface area (Å²) in [6.45, 7) is 15.8. The number of fused-ring (bicyclic) bond motifs is 7. The van der Waals surface area contributed by atoms with Gasteiger partial charge in [0.25, 0.3) is 0 Å². The molecule has 1 saturated heterocycles. The second-order valence-corrected chi connectivity index (χ2v) is 12.9. The van der Waals surface area contributed by atoms with Crippen molar-refractivity contribution in [2.24, 2.45) is 5.41 Å². The highest BCUT2D eigenvalue weighted by Crippen LogP contribution is 2.70. The molecule has 7 heteroatoms. The van der Waals surface area contributed by atoms with E-state index in [9.17, 15) is 4.79 Å². The molecule has 0 radical (unpaired) electrons. The third kappa shape index (κ3) is 2.70. The monoisotopic (exact) mass is 464 g/mol. The highest BCUT2D eigenvalue weighted by Gasteiger charge is 2.73. The van der Waals surface area contributed by atoms with Gasteiger partial charge in [-0.05, 0) is 58.8 Å². The Labute approximate surface area is 201 Å². The Balaban J connectivity index is 1.45. The van der Waals surface area contributed by atoms with Crippen LogP contribution in [0.4, 0.5) is 0 Å². The maximum Gasteiger partial charge on any atom is 0.233 e. The molecule has 182 valence electrons. The van der Waals surface area contributed by atoms with Crippen LogP contribution in [0.2, 0.25) is 0 Å². The molecule has 2 aliphatic heterocycles. The molecule has 7 nitrogen and oxygen atoms in total. The SMILES string of the molecule is CC1(C)CC(NC(=O)C23CCC(C)(c4nc5cc6c(cc5nc42)OCO6)C3(C)C)CC(C)(C)N1. The molecule has 2 aliphatic carbocycles. The molecular formula is C27H36N4O3. The van der Waals surface area contributed by atoms with Gasteiger partial charge in [-0.15, -0.1) is 0 Å². The van der Waals surface area contributed by atoms with E-state index in [0.717, 1.165) is 48.1 Å². The summed E-state index contributed by atoms with van der Waals surface area (Å²) in [5.41, 5.74) is 2.07. The van der Waals surface area contributed by atoms with Crippen LogP contribution in [0.15, 0.2) is 12.1 Å². The predicted octanol–water partition coefficient (Wildman–Crippen LogP) is 4.11. The van der Waals surface area contributed by atoms with Crippen molar-refractivity contribution in [2.45, 2.75) is 102 Å². The maximum absolute atomic E-state index is 14.3. The fourth-order valence-corrected chi connectivity index (χ4v) is 7.73. The van der Waals surface area contributed by atoms with E-state index in [1.807, 2.05) is 12.1 Å². The van der Waals surface area contributed by atoms with E-state index in [4.69, 9.17) is 19.4 Å². The topological polar surface area (TPSA) is 85.4 Å². The molecule has 2 bridgehead atoms. The molecule has 2 fully saturated rings.